The fourth-order valence-corrected chi connectivity index (χ4v) is 2.72. The fraction of sp³-hybridized carbons (Fsp3) is 0.350. The largest absolute Gasteiger partial charge is 0.490 e. The fourth-order valence-electron chi connectivity index (χ4n) is 2.26. The highest BCUT2D eigenvalue weighted by Gasteiger charge is 2.13. The Morgan fingerprint density at radius 1 is 1.04 bits per heavy atom. The first-order valence-corrected chi connectivity index (χ1v) is 10.6. The Hall–Kier alpha value is -2.74. The normalized spacial score (nSPS) is 12.1. The highest BCUT2D eigenvalue weighted by atomic mass is 32.2. The van der Waals surface area contributed by atoms with Gasteiger partial charge in [0.15, 0.2) is 0 Å². The second-order valence-corrected chi connectivity index (χ2v) is 7.78. The Labute approximate surface area is 165 Å². The van der Waals surface area contributed by atoms with E-state index in [1.165, 1.54) is 12.1 Å². The molecule has 2 aromatic rings. The Bertz CT molecular complexity index is 905. The van der Waals surface area contributed by atoms with Crippen molar-refractivity contribution in [3.8, 4) is 23.0 Å². The van der Waals surface area contributed by atoms with Gasteiger partial charge < -0.3 is 18.4 Å². The summed E-state index contributed by atoms with van der Waals surface area (Å²) in [5.41, 5.74) is 0.735. The molecule has 0 saturated heterocycles. The van der Waals surface area contributed by atoms with Gasteiger partial charge in [-0.1, -0.05) is 13.0 Å². The molecule has 152 valence electrons. The van der Waals surface area contributed by atoms with Crippen molar-refractivity contribution >= 4 is 16.1 Å². The van der Waals surface area contributed by atoms with Crippen molar-refractivity contribution in [3.05, 3.63) is 48.0 Å². The van der Waals surface area contributed by atoms with Gasteiger partial charge in [0, 0.05) is 12.0 Å². The van der Waals surface area contributed by atoms with Crippen molar-refractivity contribution in [2.45, 2.75) is 33.3 Å². The van der Waals surface area contributed by atoms with Crippen LogP contribution in [0.5, 0.6) is 23.0 Å². The molecule has 7 nitrogen and oxygen atoms in total. The van der Waals surface area contributed by atoms with Crippen molar-refractivity contribution in [2.75, 3.05) is 12.9 Å². The van der Waals surface area contributed by atoms with Crippen molar-refractivity contribution in [3.63, 3.8) is 0 Å². The van der Waals surface area contributed by atoms with Gasteiger partial charge in [-0.2, -0.15) is 8.42 Å². The third kappa shape index (κ3) is 6.77. The van der Waals surface area contributed by atoms with E-state index in [4.69, 9.17) is 18.4 Å². The van der Waals surface area contributed by atoms with Crippen LogP contribution in [-0.2, 0) is 14.9 Å². The van der Waals surface area contributed by atoms with Crippen LogP contribution in [0.15, 0.2) is 42.5 Å². The third-order valence-electron chi connectivity index (χ3n) is 3.63. The van der Waals surface area contributed by atoms with E-state index in [0.717, 1.165) is 11.8 Å². The highest BCUT2D eigenvalue weighted by molar-refractivity contribution is 7.86. The van der Waals surface area contributed by atoms with Crippen LogP contribution in [0.3, 0.4) is 0 Å². The van der Waals surface area contributed by atoms with Crippen molar-refractivity contribution in [2.24, 2.45) is 0 Å². The van der Waals surface area contributed by atoms with Gasteiger partial charge in [0.25, 0.3) is 0 Å². The Balaban J connectivity index is 1.93. The van der Waals surface area contributed by atoms with Gasteiger partial charge in [0.2, 0.25) is 0 Å². The third-order valence-corrected chi connectivity index (χ3v) is 4.13. The number of hydrogen-bond donors (Lipinski definition) is 0. The summed E-state index contributed by atoms with van der Waals surface area (Å²) in [6.45, 7) is 5.68. The Morgan fingerprint density at radius 2 is 1.64 bits per heavy atom. The highest BCUT2D eigenvalue weighted by Crippen LogP contribution is 2.28. The van der Waals surface area contributed by atoms with Gasteiger partial charge in [0.1, 0.15) is 35.7 Å². The van der Waals surface area contributed by atoms with Crippen LogP contribution >= 0.6 is 0 Å². The van der Waals surface area contributed by atoms with Crippen molar-refractivity contribution in [1.82, 2.24) is 0 Å². The molecule has 0 aliphatic rings. The molecule has 2 rings (SSSR count). The minimum absolute atomic E-state index is 0.216. The monoisotopic (exact) mass is 408 g/mol. The van der Waals surface area contributed by atoms with Gasteiger partial charge in [-0.05, 0) is 50.2 Å². The first kappa shape index (κ1) is 21.6. The van der Waals surface area contributed by atoms with Crippen LogP contribution in [0, 0.1) is 6.92 Å². The van der Waals surface area contributed by atoms with E-state index < -0.39 is 10.1 Å². The van der Waals surface area contributed by atoms with E-state index >= 15 is 0 Å². The van der Waals surface area contributed by atoms with E-state index in [-0.39, 0.29) is 24.4 Å². The molecule has 0 amide bonds. The number of carbonyl (C=O) groups excluding carboxylic acids is 1. The lowest BCUT2D eigenvalue weighted by molar-refractivity contribution is -0.134. The average Bonchev–Trinajstić information content (AvgIpc) is 2.63. The van der Waals surface area contributed by atoms with Crippen molar-refractivity contribution in [1.29, 1.82) is 0 Å². The molecule has 1 unspecified atom stereocenters. The second-order valence-electron chi connectivity index (χ2n) is 6.21. The van der Waals surface area contributed by atoms with Gasteiger partial charge in [-0.15, -0.1) is 0 Å². The lowest BCUT2D eigenvalue weighted by Crippen LogP contribution is -2.21. The molecule has 2 aromatic carbocycles. The molecule has 28 heavy (non-hydrogen) atoms. The van der Waals surface area contributed by atoms with Crippen LogP contribution in [-0.4, -0.2) is 33.4 Å². The smallest absolute Gasteiger partial charge is 0.310 e. The molecule has 0 aliphatic carbocycles. The van der Waals surface area contributed by atoms with Crippen molar-refractivity contribution < 1.29 is 31.6 Å². The van der Waals surface area contributed by atoms with Gasteiger partial charge in [-0.25, -0.2) is 0 Å². The number of esters is 1. The second kappa shape index (κ2) is 9.45. The van der Waals surface area contributed by atoms with Gasteiger partial charge in [0.05, 0.1) is 6.26 Å². The van der Waals surface area contributed by atoms with Crippen LogP contribution in [0.2, 0.25) is 0 Å². The minimum Gasteiger partial charge on any atom is -0.490 e. The van der Waals surface area contributed by atoms with Crippen LogP contribution in [0.4, 0.5) is 0 Å². The molecular formula is C20H24O7S. The molecule has 0 aromatic heterocycles. The molecule has 0 bridgehead atoms. The quantitative estimate of drug-likeness (QED) is 0.356. The summed E-state index contributed by atoms with van der Waals surface area (Å²) in [5.74, 6) is 1.54. The summed E-state index contributed by atoms with van der Waals surface area (Å²) in [6, 6.07) is 11.5. The van der Waals surface area contributed by atoms with Gasteiger partial charge >= 0.3 is 16.1 Å². The molecule has 1 atom stereocenters. The summed E-state index contributed by atoms with van der Waals surface area (Å²) in [6.07, 6.45) is 1.00. The summed E-state index contributed by atoms with van der Waals surface area (Å²) in [7, 11) is -3.56. The molecule has 0 aliphatic heterocycles. The molecule has 0 N–H and O–H groups in total. The zero-order chi connectivity index (χ0) is 20.7. The van der Waals surface area contributed by atoms with E-state index in [1.54, 1.807) is 37.3 Å². The number of rotatable bonds is 9. The first-order chi connectivity index (χ1) is 13.2. The summed E-state index contributed by atoms with van der Waals surface area (Å²) in [5, 5.41) is 0. The Morgan fingerprint density at radius 3 is 2.25 bits per heavy atom. The zero-order valence-electron chi connectivity index (χ0n) is 16.3. The lowest BCUT2D eigenvalue weighted by atomic mass is 10.2. The van der Waals surface area contributed by atoms with E-state index in [2.05, 4.69) is 0 Å². The molecule has 0 heterocycles. The molecule has 0 radical (unpaired) electrons. The molecule has 8 heteroatoms. The maximum absolute atomic E-state index is 11.5. The molecule has 0 fully saturated rings. The number of carbonyl (C=O) groups is 1. The predicted molar refractivity (Wildman–Crippen MR) is 105 cm³/mol. The zero-order valence-corrected chi connectivity index (χ0v) is 17.1. The first-order valence-electron chi connectivity index (χ1n) is 8.77. The number of hydrogen-bond acceptors (Lipinski definition) is 7. The number of benzene rings is 2. The van der Waals surface area contributed by atoms with Crippen LogP contribution in [0.25, 0.3) is 0 Å². The maximum Gasteiger partial charge on any atom is 0.310 e. The van der Waals surface area contributed by atoms with Crippen LogP contribution in [0.1, 0.15) is 25.8 Å². The van der Waals surface area contributed by atoms with Gasteiger partial charge in [-0.3, -0.25) is 4.79 Å². The lowest BCUT2D eigenvalue weighted by Gasteiger charge is -2.18. The SMILES string of the molecule is CCC(=O)Oc1cccc(OC(C)COc2ccc(OS(C)(=O)=O)cc2)c1C. The van der Waals surface area contributed by atoms with E-state index in [0.29, 0.717) is 23.7 Å². The molecule has 0 spiro atoms. The Kier molecular flexibility index (Phi) is 7.28. The number of ether oxygens (including phenoxy) is 3. The maximum atomic E-state index is 11.5. The predicted octanol–water partition coefficient (Wildman–Crippen LogP) is 3.50. The molecule has 0 saturated carbocycles. The molecular weight excluding hydrogens is 384 g/mol. The average molecular weight is 408 g/mol. The topological polar surface area (TPSA) is 88.1 Å². The van der Waals surface area contributed by atoms with Crippen LogP contribution < -0.4 is 18.4 Å². The van der Waals surface area contributed by atoms with E-state index in [9.17, 15) is 13.2 Å². The minimum atomic E-state index is -3.56. The summed E-state index contributed by atoms with van der Waals surface area (Å²) < 4.78 is 43.8. The summed E-state index contributed by atoms with van der Waals surface area (Å²) >= 11 is 0. The summed E-state index contributed by atoms with van der Waals surface area (Å²) in [4.78, 5) is 11.5. The van der Waals surface area contributed by atoms with E-state index in [1.807, 2.05) is 13.8 Å². The standard InChI is InChI=1S/C20H24O7S/c1-5-20(21)26-19-8-6-7-18(15(19)3)25-14(2)13-24-16-9-11-17(12-10-16)27-28(4,22)23/h6-12,14H,5,13H2,1-4H3.